The molecule has 1 saturated heterocycles. The van der Waals surface area contributed by atoms with E-state index in [2.05, 4.69) is 5.32 Å². The minimum Gasteiger partial charge on any atom is -0.490 e. The van der Waals surface area contributed by atoms with Crippen LogP contribution in [0.15, 0.2) is 54.6 Å². The molecule has 0 radical (unpaired) electrons. The van der Waals surface area contributed by atoms with Crippen LogP contribution in [-0.2, 0) is 14.3 Å². The summed E-state index contributed by atoms with van der Waals surface area (Å²) in [6.45, 7) is 3.73. The lowest BCUT2D eigenvalue weighted by atomic mass is 10.1. The average Bonchev–Trinajstić information content (AvgIpc) is 2.84. The number of amides is 2. The van der Waals surface area contributed by atoms with Crippen LogP contribution in [0.25, 0.3) is 0 Å². The second-order valence-corrected chi connectivity index (χ2v) is 7.62. The predicted molar refractivity (Wildman–Crippen MR) is 122 cm³/mol. The summed E-state index contributed by atoms with van der Waals surface area (Å²) in [6, 6.07) is 15.3. The molecule has 2 amide bonds. The normalized spacial score (nSPS) is 15.5. The Hall–Kier alpha value is -3.55. The van der Waals surface area contributed by atoms with Crippen LogP contribution in [0.1, 0.15) is 36.5 Å². The number of rotatable bonds is 11. The SMILES string of the molecule is CCCCOC(=O)CC1C(=O)NCCN1C(=O)c1ccc(OCCOc2ccccc2)cc1. The van der Waals surface area contributed by atoms with Gasteiger partial charge in [0.25, 0.3) is 5.91 Å². The molecule has 0 saturated carbocycles. The van der Waals surface area contributed by atoms with E-state index in [-0.39, 0.29) is 18.2 Å². The van der Waals surface area contributed by atoms with Crippen molar-refractivity contribution >= 4 is 17.8 Å². The van der Waals surface area contributed by atoms with Crippen molar-refractivity contribution < 1.29 is 28.6 Å². The first-order valence-electron chi connectivity index (χ1n) is 11.2. The molecule has 0 aliphatic carbocycles. The molecule has 1 fully saturated rings. The molecule has 2 aromatic carbocycles. The van der Waals surface area contributed by atoms with E-state index in [1.54, 1.807) is 24.3 Å². The van der Waals surface area contributed by atoms with Gasteiger partial charge in [0.1, 0.15) is 30.8 Å². The third kappa shape index (κ3) is 7.24. The summed E-state index contributed by atoms with van der Waals surface area (Å²) in [5.74, 6) is 0.243. The van der Waals surface area contributed by atoms with Gasteiger partial charge in [-0.15, -0.1) is 0 Å². The predicted octanol–water partition coefficient (Wildman–Crippen LogP) is 2.82. The van der Waals surface area contributed by atoms with Gasteiger partial charge in [-0.1, -0.05) is 31.5 Å². The van der Waals surface area contributed by atoms with Gasteiger partial charge < -0.3 is 24.4 Å². The number of nitrogens with zero attached hydrogens (tertiary/aromatic N) is 1. The molecule has 176 valence electrons. The number of hydrogen-bond acceptors (Lipinski definition) is 6. The molecule has 1 N–H and O–H groups in total. The smallest absolute Gasteiger partial charge is 0.308 e. The largest absolute Gasteiger partial charge is 0.490 e. The van der Waals surface area contributed by atoms with Crippen LogP contribution in [0.2, 0.25) is 0 Å². The quantitative estimate of drug-likeness (QED) is 0.415. The zero-order valence-corrected chi connectivity index (χ0v) is 18.8. The van der Waals surface area contributed by atoms with E-state index in [0.29, 0.717) is 44.2 Å². The van der Waals surface area contributed by atoms with Crippen molar-refractivity contribution in [1.29, 1.82) is 0 Å². The maximum atomic E-state index is 13.1. The number of carbonyl (C=O) groups is 3. The number of piperazine rings is 1. The van der Waals surface area contributed by atoms with Crippen LogP contribution < -0.4 is 14.8 Å². The lowest BCUT2D eigenvalue weighted by Gasteiger charge is -2.34. The summed E-state index contributed by atoms with van der Waals surface area (Å²) in [7, 11) is 0. The number of hydrogen-bond donors (Lipinski definition) is 1. The number of benzene rings is 2. The van der Waals surface area contributed by atoms with E-state index >= 15 is 0 Å². The molecule has 0 spiro atoms. The van der Waals surface area contributed by atoms with Gasteiger partial charge in [0, 0.05) is 18.7 Å². The number of para-hydroxylation sites is 1. The summed E-state index contributed by atoms with van der Waals surface area (Å²) in [6.07, 6.45) is 1.50. The molecular weight excluding hydrogens is 424 g/mol. The van der Waals surface area contributed by atoms with Gasteiger partial charge in [-0.2, -0.15) is 0 Å². The highest BCUT2D eigenvalue weighted by atomic mass is 16.5. The summed E-state index contributed by atoms with van der Waals surface area (Å²) in [5.41, 5.74) is 0.418. The highest BCUT2D eigenvalue weighted by Gasteiger charge is 2.35. The lowest BCUT2D eigenvalue weighted by Crippen LogP contribution is -2.57. The number of nitrogens with one attached hydrogen (secondary N) is 1. The molecule has 8 nitrogen and oxygen atoms in total. The summed E-state index contributed by atoms with van der Waals surface area (Å²) in [4.78, 5) is 39.0. The number of carbonyl (C=O) groups excluding carboxylic acids is 3. The van der Waals surface area contributed by atoms with Gasteiger partial charge in [0.15, 0.2) is 0 Å². The minimum atomic E-state index is -0.883. The van der Waals surface area contributed by atoms with Crippen LogP contribution in [-0.4, -0.2) is 61.6 Å². The third-order valence-electron chi connectivity index (χ3n) is 5.18. The highest BCUT2D eigenvalue weighted by molar-refractivity contribution is 5.99. The van der Waals surface area contributed by atoms with E-state index in [4.69, 9.17) is 14.2 Å². The van der Waals surface area contributed by atoms with Crippen molar-refractivity contribution in [1.82, 2.24) is 10.2 Å². The number of ether oxygens (including phenoxy) is 3. The van der Waals surface area contributed by atoms with Crippen LogP contribution in [0.4, 0.5) is 0 Å². The minimum absolute atomic E-state index is 0.163. The van der Waals surface area contributed by atoms with Crippen molar-refractivity contribution in [3.8, 4) is 11.5 Å². The summed E-state index contributed by atoms with van der Waals surface area (Å²) < 4.78 is 16.4. The Balaban J connectivity index is 1.53. The fraction of sp³-hybridized carbons (Fsp3) is 0.400. The Labute approximate surface area is 193 Å². The van der Waals surface area contributed by atoms with Crippen molar-refractivity contribution in [2.24, 2.45) is 0 Å². The van der Waals surface area contributed by atoms with Crippen LogP contribution >= 0.6 is 0 Å². The molecule has 8 heteroatoms. The molecule has 1 unspecified atom stereocenters. The molecule has 1 heterocycles. The maximum Gasteiger partial charge on any atom is 0.308 e. The van der Waals surface area contributed by atoms with Gasteiger partial charge in [0.05, 0.1) is 13.0 Å². The van der Waals surface area contributed by atoms with E-state index in [1.807, 2.05) is 37.3 Å². The second kappa shape index (κ2) is 12.5. The van der Waals surface area contributed by atoms with Gasteiger partial charge in [-0.05, 0) is 42.8 Å². The van der Waals surface area contributed by atoms with Crippen LogP contribution in [0.5, 0.6) is 11.5 Å². The number of unbranched alkanes of at least 4 members (excludes halogenated alkanes) is 1. The first-order valence-corrected chi connectivity index (χ1v) is 11.2. The Morgan fingerprint density at radius 3 is 2.30 bits per heavy atom. The fourth-order valence-corrected chi connectivity index (χ4v) is 3.40. The first-order chi connectivity index (χ1) is 16.1. The van der Waals surface area contributed by atoms with Crippen molar-refractivity contribution in [2.45, 2.75) is 32.2 Å². The molecule has 0 aromatic heterocycles. The third-order valence-corrected chi connectivity index (χ3v) is 5.18. The van der Waals surface area contributed by atoms with Gasteiger partial charge in [0.2, 0.25) is 5.91 Å². The standard InChI is InChI=1S/C25H30N2O6/c1-2-3-15-33-23(28)18-22-24(29)26-13-14-27(22)25(30)19-9-11-21(12-10-19)32-17-16-31-20-7-5-4-6-8-20/h4-12,22H,2-3,13-18H2,1H3,(H,26,29). The van der Waals surface area contributed by atoms with Gasteiger partial charge in [-0.25, -0.2) is 0 Å². The van der Waals surface area contributed by atoms with E-state index in [0.717, 1.165) is 18.6 Å². The van der Waals surface area contributed by atoms with Crippen LogP contribution in [0, 0.1) is 0 Å². The number of esters is 1. The van der Waals surface area contributed by atoms with E-state index < -0.39 is 12.0 Å². The van der Waals surface area contributed by atoms with Crippen LogP contribution in [0.3, 0.4) is 0 Å². The molecule has 33 heavy (non-hydrogen) atoms. The topological polar surface area (TPSA) is 94.2 Å². The fourth-order valence-electron chi connectivity index (χ4n) is 3.40. The molecule has 2 aromatic rings. The van der Waals surface area contributed by atoms with Crippen molar-refractivity contribution in [2.75, 3.05) is 32.9 Å². The zero-order chi connectivity index (χ0) is 23.5. The Morgan fingerprint density at radius 1 is 0.970 bits per heavy atom. The maximum absolute atomic E-state index is 13.1. The zero-order valence-electron chi connectivity index (χ0n) is 18.8. The van der Waals surface area contributed by atoms with Crippen molar-refractivity contribution in [3.63, 3.8) is 0 Å². The van der Waals surface area contributed by atoms with Crippen molar-refractivity contribution in [3.05, 3.63) is 60.2 Å². The Kier molecular flexibility index (Phi) is 9.11. The molecule has 1 aliphatic heterocycles. The Morgan fingerprint density at radius 2 is 1.64 bits per heavy atom. The Bertz CT molecular complexity index is 916. The monoisotopic (exact) mass is 454 g/mol. The summed E-state index contributed by atoms with van der Waals surface area (Å²) in [5, 5.41) is 2.72. The molecule has 0 bridgehead atoms. The molecule has 1 aliphatic rings. The van der Waals surface area contributed by atoms with E-state index in [9.17, 15) is 14.4 Å². The molecular formula is C25H30N2O6. The molecule has 3 rings (SSSR count). The summed E-state index contributed by atoms with van der Waals surface area (Å²) >= 11 is 0. The van der Waals surface area contributed by atoms with Gasteiger partial charge >= 0.3 is 5.97 Å². The second-order valence-electron chi connectivity index (χ2n) is 7.62. The average molecular weight is 455 g/mol. The van der Waals surface area contributed by atoms with Gasteiger partial charge in [-0.3, -0.25) is 14.4 Å². The molecule has 1 atom stereocenters. The highest BCUT2D eigenvalue weighted by Crippen LogP contribution is 2.18. The van der Waals surface area contributed by atoms with E-state index in [1.165, 1.54) is 4.90 Å². The lowest BCUT2D eigenvalue weighted by molar-refractivity contribution is -0.147. The first kappa shape index (κ1) is 24.1.